The molecule has 78 valence electrons. The Kier molecular flexibility index (Phi) is 7.63. The third-order valence-corrected chi connectivity index (χ3v) is 1.91. The van der Waals surface area contributed by atoms with Gasteiger partial charge in [0, 0.05) is 13.0 Å². The first-order chi connectivity index (χ1) is 6.16. The Bertz CT molecular complexity index is 139. The van der Waals surface area contributed by atoms with Crippen LogP contribution in [0.15, 0.2) is 0 Å². The second-order valence-electron chi connectivity index (χ2n) is 3.23. The highest BCUT2D eigenvalue weighted by Crippen LogP contribution is 2.00. The van der Waals surface area contributed by atoms with E-state index >= 15 is 0 Å². The second-order valence-corrected chi connectivity index (χ2v) is 3.23. The van der Waals surface area contributed by atoms with E-state index < -0.39 is 5.97 Å². The molecule has 0 aliphatic carbocycles. The number of rotatable bonds is 8. The van der Waals surface area contributed by atoms with Crippen LogP contribution in [-0.2, 0) is 4.79 Å². The lowest BCUT2D eigenvalue weighted by Crippen LogP contribution is -2.23. The van der Waals surface area contributed by atoms with Gasteiger partial charge in [0.05, 0.1) is 6.61 Å². The van der Waals surface area contributed by atoms with Gasteiger partial charge in [-0.05, 0) is 26.4 Å². The fourth-order valence-corrected chi connectivity index (χ4v) is 1.12. The SMILES string of the molecule is CN(CCO)CCCCCC(=O)O. The third-order valence-electron chi connectivity index (χ3n) is 1.91. The summed E-state index contributed by atoms with van der Waals surface area (Å²) in [6.45, 7) is 1.81. The quantitative estimate of drug-likeness (QED) is 0.548. The lowest BCUT2D eigenvalue weighted by Gasteiger charge is -2.13. The van der Waals surface area contributed by atoms with Gasteiger partial charge in [0.25, 0.3) is 0 Å². The van der Waals surface area contributed by atoms with Gasteiger partial charge >= 0.3 is 5.97 Å². The van der Waals surface area contributed by atoms with Crippen molar-refractivity contribution in [3.63, 3.8) is 0 Å². The summed E-state index contributed by atoms with van der Waals surface area (Å²) < 4.78 is 0. The van der Waals surface area contributed by atoms with Crippen LogP contribution >= 0.6 is 0 Å². The zero-order valence-electron chi connectivity index (χ0n) is 8.20. The predicted octanol–water partition coefficient (Wildman–Crippen LogP) is 0.555. The van der Waals surface area contributed by atoms with E-state index in [0.29, 0.717) is 6.54 Å². The molecule has 0 atom stereocenters. The fourth-order valence-electron chi connectivity index (χ4n) is 1.12. The Morgan fingerprint density at radius 3 is 2.46 bits per heavy atom. The predicted molar refractivity (Wildman–Crippen MR) is 50.7 cm³/mol. The molecule has 0 fully saturated rings. The van der Waals surface area contributed by atoms with Gasteiger partial charge in [-0.1, -0.05) is 6.42 Å². The van der Waals surface area contributed by atoms with Crippen molar-refractivity contribution >= 4 is 5.97 Å². The van der Waals surface area contributed by atoms with E-state index in [0.717, 1.165) is 25.8 Å². The Morgan fingerprint density at radius 1 is 1.23 bits per heavy atom. The van der Waals surface area contributed by atoms with Gasteiger partial charge in [0.15, 0.2) is 0 Å². The minimum absolute atomic E-state index is 0.186. The first-order valence-electron chi connectivity index (χ1n) is 4.68. The summed E-state index contributed by atoms with van der Waals surface area (Å²) in [6.07, 6.45) is 2.97. The number of aliphatic carboxylic acids is 1. The molecule has 4 heteroatoms. The van der Waals surface area contributed by atoms with E-state index in [4.69, 9.17) is 10.2 Å². The van der Waals surface area contributed by atoms with E-state index in [9.17, 15) is 4.79 Å². The molecule has 0 aliphatic rings. The minimum atomic E-state index is -0.719. The lowest BCUT2D eigenvalue weighted by molar-refractivity contribution is -0.137. The van der Waals surface area contributed by atoms with Crippen LogP contribution in [0.25, 0.3) is 0 Å². The largest absolute Gasteiger partial charge is 0.481 e. The van der Waals surface area contributed by atoms with E-state index in [1.165, 1.54) is 0 Å². The molecule has 0 amide bonds. The molecule has 0 rings (SSSR count). The molecule has 0 bridgehead atoms. The van der Waals surface area contributed by atoms with Crippen LogP contribution in [-0.4, -0.2) is 47.8 Å². The molecule has 0 radical (unpaired) electrons. The maximum absolute atomic E-state index is 10.2. The van der Waals surface area contributed by atoms with Crippen molar-refractivity contribution in [3.8, 4) is 0 Å². The first-order valence-corrected chi connectivity index (χ1v) is 4.68. The van der Waals surface area contributed by atoms with E-state index in [2.05, 4.69) is 0 Å². The van der Waals surface area contributed by atoms with Crippen molar-refractivity contribution in [3.05, 3.63) is 0 Å². The normalized spacial score (nSPS) is 10.7. The Hall–Kier alpha value is -0.610. The Balaban J connectivity index is 3.11. The summed E-state index contributed by atoms with van der Waals surface area (Å²) in [5.41, 5.74) is 0. The smallest absolute Gasteiger partial charge is 0.303 e. The van der Waals surface area contributed by atoms with E-state index in [-0.39, 0.29) is 13.0 Å². The molecule has 0 heterocycles. The first kappa shape index (κ1) is 12.4. The Morgan fingerprint density at radius 2 is 1.92 bits per heavy atom. The van der Waals surface area contributed by atoms with Gasteiger partial charge in [0.2, 0.25) is 0 Å². The van der Waals surface area contributed by atoms with Gasteiger partial charge < -0.3 is 15.1 Å². The number of aliphatic hydroxyl groups is 1. The number of hydrogen-bond donors (Lipinski definition) is 2. The fraction of sp³-hybridized carbons (Fsp3) is 0.889. The summed E-state index contributed by atoms with van der Waals surface area (Å²) >= 11 is 0. The molecular formula is C9H19NO3. The number of likely N-dealkylation sites (N-methyl/N-ethyl adjacent to an activating group) is 1. The van der Waals surface area contributed by atoms with Crippen molar-refractivity contribution in [2.75, 3.05) is 26.7 Å². The standard InChI is InChI=1S/C9H19NO3/c1-10(7-8-11)6-4-2-3-5-9(12)13/h11H,2-8H2,1H3,(H,12,13). The maximum Gasteiger partial charge on any atom is 0.303 e. The third kappa shape index (κ3) is 9.30. The average molecular weight is 189 g/mol. The molecule has 0 spiro atoms. The molecule has 0 aromatic rings. The van der Waals surface area contributed by atoms with Gasteiger partial charge in [-0.15, -0.1) is 0 Å². The van der Waals surface area contributed by atoms with Crippen molar-refractivity contribution in [1.82, 2.24) is 4.90 Å². The molecule has 0 saturated carbocycles. The molecule has 4 nitrogen and oxygen atoms in total. The van der Waals surface area contributed by atoms with Crippen LogP contribution in [0.1, 0.15) is 25.7 Å². The summed E-state index contributed by atoms with van der Waals surface area (Å²) in [5, 5.41) is 17.0. The number of carboxylic acids is 1. The van der Waals surface area contributed by atoms with Crippen molar-refractivity contribution < 1.29 is 15.0 Å². The summed E-state index contributed by atoms with van der Waals surface area (Å²) in [7, 11) is 1.95. The summed E-state index contributed by atoms with van der Waals surface area (Å²) in [5.74, 6) is -0.719. The lowest BCUT2D eigenvalue weighted by atomic mass is 10.2. The molecule has 0 aliphatic heterocycles. The monoisotopic (exact) mass is 189 g/mol. The van der Waals surface area contributed by atoms with Crippen LogP contribution in [0.5, 0.6) is 0 Å². The number of carboxylic acid groups (broad SMARTS) is 1. The van der Waals surface area contributed by atoms with Crippen LogP contribution in [0, 0.1) is 0 Å². The molecule has 0 aromatic carbocycles. The number of unbranched alkanes of at least 4 members (excludes halogenated alkanes) is 2. The van der Waals surface area contributed by atoms with Gasteiger partial charge in [0.1, 0.15) is 0 Å². The zero-order chi connectivity index (χ0) is 10.1. The molecule has 2 N–H and O–H groups in total. The topological polar surface area (TPSA) is 60.8 Å². The molecule has 0 saturated heterocycles. The van der Waals surface area contributed by atoms with Crippen molar-refractivity contribution in [1.29, 1.82) is 0 Å². The Labute approximate surface area is 79.2 Å². The van der Waals surface area contributed by atoms with Crippen LogP contribution in [0.2, 0.25) is 0 Å². The second kappa shape index (κ2) is 8.01. The van der Waals surface area contributed by atoms with Gasteiger partial charge in [-0.2, -0.15) is 0 Å². The van der Waals surface area contributed by atoms with Crippen molar-refractivity contribution in [2.45, 2.75) is 25.7 Å². The van der Waals surface area contributed by atoms with Gasteiger partial charge in [-0.25, -0.2) is 0 Å². The van der Waals surface area contributed by atoms with Crippen LogP contribution < -0.4 is 0 Å². The van der Waals surface area contributed by atoms with Crippen molar-refractivity contribution in [2.24, 2.45) is 0 Å². The highest BCUT2D eigenvalue weighted by molar-refractivity contribution is 5.66. The van der Waals surface area contributed by atoms with Gasteiger partial charge in [-0.3, -0.25) is 4.79 Å². The number of carbonyl (C=O) groups is 1. The number of hydrogen-bond acceptors (Lipinski definition) is 3. The highest BCUT2D eigenvalue weighted by atomic mass is 16.4. The molecule has 0 unspecified atom stereocenters. The summed E-state index contributed by atoms with van der Waals surface area (Å²) in [6, 6.07) is 0. The summed E-state index contributed by atoms with van der Waals surface area (Å²) in [4.78, 5) is 12.2. The molecular weight excluding hydrogens is 170 g/mol. The van der Waals surface area contributed by atoms with Crippen LogP contribution in [0.4, 0.5) is 0 Å². The molecule has 0 aromatic heterocycles. The highest BCUT2D eigenvalue weighted by Gasteiger charge is 1.98. The number of nitrogens with zero attached hydrogens (tertiary/aromatic N) is 1. The molecule has 13 heavy (non-hydrogen) atoms. The van der Waals surface area contributed by atoms with E-state index in [1.54, 1.807) is 0 Å². The van der Waals surface area contributed by atoms with Crippen LogP contribution in [0.3, 0.4) is 0 Å². The van der Waals surface area contributed by atoms with E-state index in [1.807, 2.05) is 11.9 Å². The average Bonchev–Trinajstić information content (AvgIpc) is 2.03. The number of aliphatic hydroxyl groups excluding tert-OH is 1. The minimum Gasteiger partial charge on any atom is -0.481 e. The zero-order valence-corrected chi connectivity index (χ0v) is 8.20. The maximum atomic E-state index is 10.2.